The van der Waals surface area contributed by atoms with Crippen molar-refractivity contribution in [2.45, 2.75) is 38.3 Å². The van der Waals surface area contributed by atoms with Crippen molar-refractivity contribution in [3.63, 3.8) is 0 Å². The predicted octanol–water partition coefficient (Wildman–Crippen LogP) is 1.69. The summed E-state index contributed by atoms with van der Waals surface area (Å²) in [6.07, 6.45) is 1.38. The predicted molar refractivity (Wildman–Crippen MR) is 89.2 cm³/mol. The second-order valence-corrected chi connectivity index (χ2v) is 6.55. The fourth-order valence-electron chi connectivity index (χ4n) is 2.67. The van der Waals surface area contributed by atoms with Crippen LogP contribution in [-0.4, -0.2) is 54.2 Å². The first-order valence-electron chi connectivity index (χ1n) is 7.94. The molecule has 1 aromatic carbocycles. The van der Waals surface area contributed by atoms with E-state index in [1.54, 1.807) is 6.07 Å². The van der Waals surface area contributed by atoms with Gasteiger partial charge in [0.05, 0.1) is 11.2 Å². The minimum absolute atomic E-state index is 0.142. The maximum Gasteiger partial charge on any atom is 0.253 e. The third kappa shape index (κ3) is 4.45. The summed E-state index contributed by atoms with van der Waals surface area (Å²) >= 11 is 0. The van der Waals surface area contributed by atoms with Crippen LogP contribution in [0.15, 0.2) is 24.3 Å². The van der Waals surface area contributed by atoms with Gasteiger partial charge in [0.15, 0.2) is 0 Å². The van der Waals surface area contributed by atoms with Gasteiger partial charge in [0.25, 0.3) is 5.91 Å². The summed E-state index contributed by atoms with van der Waals surface area (Å²) in [5, 5.41) is 16.7. The number of aliphatic hydroxyl groups is 1. The molecule has 1 aliphatic heterocycles. The lowest BCUT2D eigenvalue weighted by molar-refractivity contribution is -0.0135. The van der Waals surface area contributed by atoms with E-state index < -0.39 is 5.60 Å². The topological polar surface area (TPSA) is 64.6 Å². The first-order valence-corrected chi connectivity index (χ1v) is 7.94. The molecule has 1 aliphatic rings. The van der Waals surface area contributed by atoms with Crippen molar-refractivity contribution in [3.05, 3.63) is 29.8 Å². The van der Waals surface area contributed by atoms with Gasteiger partial charge in [0.1, 0.15) is 0 Å². The number of carbonyl (C=O) groups is 1. The minimum Gasteiger partial charge on any atom is -0.388 e. The highest BCUT2D eigenvalue weighted by molar-refractivity contribution is 5.99. The molecule has 0 aromatic heterocycles. The smallest absolute Gasteiger partial charge is 0.253 e. The van der Waals surface area contributed by atoms with Crippen LogP contribution < -0.4 is 10.6 Å². The van der Waals surface area contributed by atoms with E-state index in [1.807, 2.05) is 39.1 Å². The normalized spacial score (nSPS) is 18.2. The van der Waals surface area contributed by atoms with Crippen molar-refractivity contribution in [2.75, 3.05) is 32.0 Å². The van der Waals surface area contributed by atoms with Gasteiger partial charge in [-0.2, -0.15) is 0 Å². The number of nitrogens with one attached hydrogen (secondary N) is 2. The lowest BCUT2D eigenvalue weighted by Gasteiger charge is -2.36. The molecule has 22 heavy (non-hydrogen) atoms. The molecule has 5 heteroatoms. The summed E-state index contributed by atoms with van der Waals surface area (Å²) in [4.78, 5) is 14.6. The van der Waals surface area contributed by atoms with Crippen molar-refractivity contribution in [1.29, 1.82) is 0 Å². The maximum atomic E-state index is 12.4. The third-order valence-corrected chi connectivity index (χ3v) is 4.11. The van der Waals surface area contributed by atoms with Gasteiger partial charge in [0, 0.05) is 31.4 Å². The molecule has 0 unspecified atom stereocenters. The second kappa shape index (κ2) is 7.11. The van der Waals surface area contributed by atoms with E-state index in [9.17, 15) is 9.90 Å². The summed E-state index contributed by atoms with van der Waals surface area (Å²) in [7, 11) is 2.05. The van der Waals surface area contributed by atoms with Crippen molar-refractivity contribution < 1.29 is 9.90 Å². The van der Waals surface area contributed by atoms with E-state index in [1.165, 1.54) is 0 Å². The van der Waals surface area contributed by atoms with Gasteiger partial charge >= 0.3 is 0 Å². The number of hydrogen-bond acceptors (Lipinski definition) is 4. The van der Waals surface area contributed by atoms with Gasteiger partial charge < -0.3 is 20.6 Å². The van der Waals surface area contributed by atoms with Crippen LogP contribution in [-0.2, 0) is 0 Å². The monoisotopic (exact) mass is 305 g/mol. The molecule has 0 bridgehead atoms. The van der Waals surface area contributed by atoms with Crippen LogP contribution in [0.3, 0.4) is 0 Å². The fourth-order valence-corrected chi connectivity index (χ4v) is 2.67. The summed E-state index contributed by atoms with van der Waals surface area (Å²) in [6, 6.07) is 7.72. The van der Waals surface area contributed by atoms with Crippen molar-refractivity contribution in [2.24, 2.45) is 0 Å². The van der Waals surface area contributed by atoms with Crippen LogP contribution >= 0.6 is 0 Å². The van der Waals surface area contributed by atoms with Crippen molar-refractivity contribution in [3.8, 4) is 0 Å². The molecular formula is C17H27N3O2. The minimum atomic E-state index is -0.789. The zero-order valence-electron chi connectivity index (χ0n) is 13.7. The van der Waals surface area contributed by atoms with Crippen LogP contribution in [0, 0.1) is 0 Å². The fraction of sp³-hybridized carbons (Fsp3) is 0.588. The zero-order chi connectivity index (χ0) is 16.2. The van der Waals surface area contributed by atoms with Crippen LogP contribution in [0.5, 0.6) is 0 Å². The number of nitrogens with zero attached hydrogens (tertiary/aromatic N) is 1. The highest BCUT2D eigenvalue weighted by atomic mass is 16.3. The Morgan fingerprint density at radius 3 is 2.59 bits per heavy atom. The largest absolute Gasteiger partial charge is 0.388 e. The number of anilines is 1. The Morgan fingerprint density at radius 2 is 1.95 bits per heavy atom. The molecular weight excluding hydrogens is 278 g/mol. The lowest BCUT2D eigenvalue weighted by Crippen LogP contribution is -2.50. The van der Waals surface area contributed by atoms with Gasteiger partial charge in [-0.05, 0) is 45.9 Å². The summed E-state index contributed by atoms with van der Waals surface area (Å²) in [6.45, 7) is 6.09. The SMILES string of the molecule is CC(C)Nc1ccccc1C(=O)NCC1(O)CCN(C)CC1. The zero-order valence-corrected chi connectivity index (χ0v) is 13.7. The number of piperidine rings is 1. The Labute approximate surface area is 132 Å². The highest BCUT2D eigenvalue weighted by Crippen LogP contribution is 2.21. The Kier molecular flexibility index (Phi) is 5.42. The van der Waals surface area contributed by atoms with Crippen LogP contribution in [0.2, 0.25) is 0 Å². The van der Waals surface area contributed by atoms with E-state index >= 15 is 0 Å². The lowest BCUT2D eigenvalue weighted by atomic mass is 9.91. The Balaban J connectivity index is 1.98. The molecule has 3 N–H and O–H groups in total. The van der Waals surface area contributed by atoms with Crippen LogP contribution in [0.1, 0.15) is 37.0 Å². The average Bonchev–Trinajstić information content (AvgIpc) is 2.48. The number of para-hydroxylation sites is 1. The molecule has 1 fully saturated rings. The molecule has 2 rings (SSSR count). The van der Waals surface area contributed by atoms with Crippen LogP contribution in [0.4, 0.5) is 5.69 Å². The Hall–Kier alpha value is -1.59. The molecule has 0 saturated carbocycles. The van der Waals surface area contributed by atoms with Gasteiger partial charge in [0.2, 0.25) is 0 Å². The van der Waals surface area contributed by atoms with Gasteiger partial charge in [-0.3, -0.25) is 4.79 Å². The molecule has 122 valence electrons. The molecule has 1 aromatic rings. The number of carbonyl (C=O) groups excluding carboxylic acids is 1. The molecule has 0 spiro atoms. The van der Waals surface area contributed by atoms with E-state index in [-0.39, 0.29) is 11.9 Å². The first kappa shape index (κ1) is 16.8. The highest BCUT2D eigenvalue weighted by Gasteiger charge is 2.31. The number of hydrogen-bond donors (Lipinski definition) is 3. The quantitative estimate of drug-likeness (QED) is 0.775. The standard InChI is InChI=1S/C17H27N3O2/c1-13(2)19-15-7-5-4-6-14(15)16(21)18-12-17(22)8-10-20(3)11-9-17/h4-7,13,19,22H,8-12H2,1-3H3,(H,18,21). The van der Waals surface area contributed by atoms with E-state index in [0.717, 1.165) is 18.8 Å². The summed E-state index contributed by atoms with van der Waals surface area (Å²) in [5.41, 5.74) is 0.654. The van der Waals surface area contributed by atoms with E-state index in [4.69, 9.17) is 0 Å². The third-order valence-electron chi connectivity index (χ3n) is 4.11. The number of benzene rings is 1. The summed E-state index contributed by atoms with van der Waals surface area (Å²) < 4.78 is 0. The molecule has 5 nitrogen and oxygen atoms in total. The van der Waals surface area contributed by atoms with Crippen LogP contribution in [0.25, 0.3) is 0 Å². The average molecular weight is 305 g/mol. The number of amides is 1. The van der Waals surface area contributed by atoms with E-state index in [0.29, 0.717) is 24.9 Å². The van der Waals surface area contributed by atoms with Crippen molar-refractivity contribution >= 4 is 11.6 Å². The second-order valence-electron chi connectivity index (χ2n) is 6.55. The number of likely N-dealkylation sites (tertiary alicyclic amines) is 1. The molecule has 1 heterocycles. The van der Waals surface area contributed by atoms with Gasteiger partial charge in [-0.25, -0.2) is 0 Å². The molecule has 0 radical (unpaired) electrons. The van der Waals surface area contributed by atoms with E-state index in [2.05, 4.69) is 15.5 Å². The maximum absolute atomic E-state index is 12.4. The Bertz CT molecular complexity index is 508. The summed E-state index contributed by atoms with van der Waals surface area (Å²) in [5.74, 6) is -0.142. The van der Waals surface area contributed by atoms with Crippen molar-refractivity contribution in [1.82, 2.24) is 10.2 Å². The molecule has 0 aliphatic carbocycles. The first-order chi connectivity index (χ1) is 10.4. The Morgan fingerprint density at radius 1 is 1.32 bits per heavy atom. The van der Waals surface area contributed by atoms with Gasteiger partial charge in [-0.15, -0.1) is 0 Å². The molecule has 1 saturated heterocycles. The van der Waals surface area contributed by atoms with Gasteiger partial charge in [-0.1, -0.05) is 12.1 Å². The molecule has 0 atom stereocenters. The number of rotatable bonds is 5. The molecule has 1 amide bonds.